The zero-order valence-corrected chi connectivity index (χ0v) is 19.7. The van der Waals surface area contributed by atoms with Crippen LogP contribution in [0.5, 0.6) is 0 Å². The normalized spacial score (nSPS) is 14.9. The van der Waals surface area contributed by atoms with Crippen molar-refractivity contribution in [1.82, 2.24) is 5.43 Å². The van der Waals surface area contributed by atoms with E-state index in [9.17, 15) is 9.18 Å². The minimum Gasteiger partial charge on any atom is -0.362 e. The van der Waals surface area contributed by atoms with Gasteiger partial charge in [0, 0.05) is 23.4 Å². The number of amides is 1. The Hall–Kier alpha value is -3.47. The zero-order valence-electron chi connectivity index (χ0n) is 19.7. The molecule has 0 aliphatic carbocycles. The van der Waals surface area contributed by atoms with Crippen molar-refractivity contribution in [2.75, 3.05) is 11.4 Å². The molecule has 0 aromatic heterocycles. The van der Waals surface area contributed by atoms with Crippen LogP contribution in [0, 0.1) is 5.82 Å². The highest BCUT2D eigenvalue weighted by molar-refractivity contribution is 5.91. The summed E-state index contributed by atoms with van der Waals surface area (Å²) in [6, 6.07) is 17.3. The quantitative estimate of drug-likeness (QED) is 0.370. The van der Waals surface area contributed by atoms with Gasteiger partial charge in [0.2, 0.25) is 5.91 Å². The van der Waals surface area contributed by atoms with Gasteiger partial charge in [0.15, 0.2) is 0 Å². The predicted molar refractivity (Wildman–Crippen MR) is 135 cm³/mol. The van der Waals surface area contributed by atoms with Gasteiger partial charge in [0.05, 0.1) is 18.2 Å². The third-order valence-corrected chi connectivity index (χ3v) is 6.17. The minimum absolute atomic E-state index is 0.176. The molecule has 0 radical (unpaired) electrons. The van der Waals surface area contributed by atoms with Crippen molar-refractivity contribution < 1.29 is 9.18 Å². The molecule has 0 atom stereocenters. The van der Waals surface area contributed by atoms with Crippen molar-refractivity contribution in [3.63, 3.8) is 0 Å². The van der Waals surface area contributed by atoms with Crippen molar-refractivity contribution in [1.29, 1.82) is 0 Å². The SMILES string of the molecule is CCCN1c2cc(F)c(/C=N\NC(=O)Cc3cccc4ccccc34)cc2C(C)=CC1(C)C. The maximum atomic E-state index is 15.0. The van der Waals surface area contributed by atoms with Crippen LogP contribution < -0.4 is 10.3 Å². The van der Waals surface area contributed by atoms with E-state index < -0.39 is 0 Å². The second kappa shape index (κ2) is 9.18. The Labute approximate surface area is 194 Å². The number of fused-ring (bicyclic) bond motifs is 2. The van der Waals surface area contributed by atoms with E-state index in [2.05, 4.69) is 49.2 Å². The lowest BCUT2D eigenvalue weighted by molar-refractivity contribution is -0.120. The van der Waals surface area contributed by atoms with E-state index in [0.29, 0.717) is 5.56 Å². The van der Waals surface area contributed by atoms with Crippen molar-refractivity contribution >= 4 is 34.2 Å². The van der Waals surface area contributed by atoms with Crippen molar-refractivity contribution in [2.24, 2.45) is 5.10 Å². The van der Waals surface area contributed by atoms with Crippen LogP contribution in [-0.4, -0.2) is 24.2 Å². The Kier molecular flexibility index (Phi) is 6.32. The molecule has 33 heavy (non-hydrogen) atoms. The third-order valence-electron chi connectivity index (χ3n) is 6.17. The molecule has 3 aromatic rings. The number of halogens is 1. The Morgan fingerprint density at radius 2 is 1.91 bits per heavy atom. The summed E-state index contributed by atoms with van der Waals surface area (Å²) in [7, 11) is 0. The van der Waals surface area contributed by atoms with Crippen LogP contribution in [0.1, 0.15) is 50.8 Å². The van der Waals surface area contributed by atoms with Crippen LogP contribution in [-0.2, 0) is 11.2 Å². The van der Waals surface area contributed by atoms with Crippen LogP contribution >= 0.6 is 0 Å². The Morgan fingerprint density at radius 3 is 2.70 bits per heavy atom. The van der Waals surface area contributed by atoms with Gasteiger partial charge in [-0.25, -0.2) is 9.82 Å². The summed E-state index contributed by atoms with van der Waals surface area (Å²) in [6.07, 6.45) is 4.78. The minimum atomic E-state index is -0.354. The van der Waals surface area contributed by atoms with Crippen molar-refractivity contribution in [3.8, 4) is 0 Å². The first-order valence-corrected chi connectivity index (χ1v) is 11.4. The first-order chi connectivity index (χ1) is 15.8. The number of hydrogen-bond acceptors (Lipinski definition) is 3. The third kappa shape index (κ3) is 4.68. The van der Waals surface area contributed by atoms with E-state index in [4.69, 9.17) is 0 Å². The standard InChI is InChI=1S/C28H30FN3O/c1-5-13-32-26-16-25(29)22(14-24(26)19(2)17-28(32,3)4)18-30-31-27(33)15-21-11-8-10-20-9-6-7-12-23(20)21/h6-12,14,16-18H,5,13,15H2,1-4H3,(H,31,33)/b30-18-. The average molecular weight is 444 g/mol. The summed E-state index contributed by atoms with van der Waals surface area (Å²) >= 11 is 0. The number of hydrazone groups is 1. The largest absolute Gasteiger partial charge is 0.362 e. The topological polar surface area (TPSA) is 44.7 Å². The number of nitrogens with zero attached hydrogens (tertiary/aromatic N) is 2. The van der Waals surface area contributed by atoms with Gasteiger partial charge in [-0.05, 0) is 61.2 Å². The second-order valence-electron chi connectivity index (χ2n) is 9.13. The molecule has 0 saturated carbocycles. The van der Waals surface area contributed by atoms with Gasteiger partial charge in [0.25, 0.3) is 0 Å². The molecule has 4 nitrogen and oxygen atoms in total. The first kappa shape index (κ1) is 22.7. The fraction of sp³-hybridized carbons (Fsp3) is 0.286. The monoisotopic (exact) mass is 443 g/mol. The van der Waals surface area contributed by atoms with Gasteiger partial charge in [-0.1, -0.05) is 55.5 Å². The Bertz CT molecular complexity index is 1250. The van der Waals surface area contributed by atoms with Gasteiger partial charge in [-0.15, -0.1) is 0 Å². The molecule has 5 heteroatoms. The predicted octanol–water partition coefficient (Wildman–Crippen LogP) is 6.08. The molecule has 0 unspecified atom stereocenters. The lowest BCUT2D eigenvalue weighted by atomic mass is 9.88. The molecule has 1 amide bonds. The number of anilines is 1. The molecule has 0 fully saturated rings. The zero-order chi connectivity index (χ0) is 23.6. The molecular formula is C28H30FN3O. The molecule has 1 N–H and O–H groups in total. The molecule has 1 aliphatic rings. The van der Waals surface area contributed by atoms with Gasteiger partial charge in [-0.2, -0.15) is 5.10 Å². The van der Waals surface area contributed by atoms with Gasteiger partial charge >= 0.3 is 0 Å². The van der Waals surface area contributed by atoms with Crippen LogP contribution in [0.2, 0.25) is 0 Å². The number of benzene rings is 3. The summed E-state index contributed by atoms with van der Waals surface area (Å²) < 4.78 is 15.0. The summed E-state index contributed by atoms with van der Waals surface area (Å²) in [5, 5.41) is 6.17. The maximum absolute atomic E-state index is 15.0. The fourth-order valence-electron chi connectivity index (χ4n) is 4.68. The van der Waals surface area contributed by atoms with E-state index in [1.165, 1.54) is 6.21 Å². The maximum Gasteiger partial charge on any atom is 0.244 e. The van der Waals surface area contributed by atoms with E-state index in [1.807, 2.05) is 48.5 Å². The average Bonchev–Trinajstić information content (AvgIpc) is 2.77. The molecule has 0 spiro atoms. The van der Waals surface area contributed by atoms with Gasteiger partial charge < -0.3 is 4.90 Å². The number of hydrogen-bond donors (Lipinski definition) is 1. The molecular weight excluding hydrogens is 413 g/mol. The van der Waals surface area contributed by atoms with Crippen LogP contribution in [0.4, 0.5) is 10.1 Å². The Morgan fingerprint density at radius 1 is 1.15 bits per heavy atom. The molecule has 0 bridgehead atoms. The van der Waals surface area contributed by atoms with E-state index in [-0.39, 0.29) is 23.7 Å². The number of rotatable bonds is 6. The summed E-state index contributed by atoms with van der Waals surface area (Å²) in [5.74, 6) is -0.597. The fourth-order valence-corrected chi connectivity index (χ4v) is 4.68. The summed E-state index contributed by atoms with van der Waals surface area (Å²) in [4.78, 5) is 14.7. The smallest absolute Gasteiger partial charge is 0.244 e. The highest BCUT2D eigenvalue weighted by Crippen LogP contribution is 2.40. The summed E-state index contributed by atoms with van der Waals surface area (Å²) in [6.45, 7) is 9.32. The number of carbonyl (C=O) groups is 1. The van der Waals surface area contributed by atoms with Gasteiger partial charge in [0.1, 0.15) is 5.82 Å². The van der Waals surface area contributed by atoms with Gasteiger partial charge in [-0.3, -0.25) is 4.79 Å². The van der Waals surface area contributed by atoms with E-state index in [0.717, 1.165) is 46.1 Å². The molecule has 0 saturated heterocycles. The molecule has 4 rings (SSSR count). The molecule has 1 aliphatic heterocycles. The first-order valence-electron chi connectivity index (χ1n) is 11.4. The summed E-state index contributed by atoms with van der Waals surface area (Å²) in [5.41, 5.74) is 6.65. The van der Waals surface area contributed by atoms with Crippen molar-refractivity contribution in [2.45, 2.75) is 46.1 Å². The second-order valence-corrected chi connectivity index (χ2v) is 9.13. The molecule has 170 valence electrons. The number of carbonyl (C=O) groups excluding carboxylic acids is 1. The number of nitrogens with one attached hydrogen (secondary N) is 1. The molecule has 1 heterocycles. The van der Waals surface area contributed by atoms with Crippen LogP contribution in [0.15, 0.2) is 65.8 Å². The van der Waals surface area contributed by atoms with Crippen molar-refractivity contribution in [3.05, 3.63) is 83.2 Å². The number of allylic oxidation sites excluding steroid dienone is 1. The lowest BCUT2D eigenvalue weighted by Gasteiger charge is -2.43. The van der Waals surface area contributed by atoms with Crippen LogP contribution in [0.3, 0.4) is 0 Å². The van der Waals surface area contributed by atoms with Crippen LogP contribution in [0.25, 0.3) is 16.3 Å². The highest BCUT2D eigenvalue weighted by atomic mass is 19.1. The molecule has 3 aromatic carbocycles. The van der Waals surface area contributed by atoms with E-state index in [1.54, 1.807) is 6.07 Å². The highest BCUT2D eigenvalue weighted by Gasteiger charge is 2.31. The lowest BCUT2D eigenvalue weighted by Crippen LogP contribution is -2.45. The Balaban J connectivity index is 1.52. The van der Waals surface area contributed by atoms with E-state index >= 15 is 0 Å².